The fourth-order valence-corrected chi connectivity index (χ4v) is 1.79. The quantitative estimate of drug-likeness (QED) is 0.805. The van der Waals surface area contributed by atoms with Gasteiger partial charge in [-0.05, 0) is 25.5 Å². The van der Waals surface area contributed by atoms with Crippen molar-refractivity contribution < 1.29 is 8.42 Å². The number of sulfonamides is 1. The fourth-order valence-electron chi connectivity index (χ4n) is 0.996. The largest absolute Gasteiger partial charge is 0.397 e. The lowest BCUT2D eigenvalue weighted by atomic mass is 10.3. The molecule has 1 atom stereocenters. The minimum absolute atomic E-state index is 0.191. The molecule has 0 aliphatic heterocycles. The van der Waals surface area contributed by atoms with Crippen LogP contribution < -0.4 is 10.5 Å². The average Bonchev–Trinajstić information content (AvgIpc) is 2.21. The Balaban J connectivity index is 3.03. The Kier molecular flexibility index (Phi) is 3.34. The topological polar surface area (TPSA) is 109 Å². The van der Waals surface area contributed by atoms with Crippen LogP contribution in [0.4, 0.5) is 11.5 Å². The second kappa shape index (κ2) is 4.37. The molecular formula is C9H12N4O2S. The molecule has 1 unspecified atom stereocenters. The molecule has 1 heterocycles. The van der Waals surface area contributed by atoms with Crippen molar-refractivity contribution in [3.8, 4) is 6.07 Å². The first-order valence-corrected chi connectivity index (χ1v) is 6.05. The van der Waals surface area contributed by atoms with Crippen LogP contribution in [0.2, 0.25) is 0 Å². The number of nitrogen functional groups attached to an aromatic ring is 1. The zero-order valence-electron chi connectivity index (χ0n) is 8.93. The highest BCUT2D eigenvalue weighted by Crippen LogP contribution is 2.16. The Morgan fingerprint density at radius 3 is 2.75 bits per heavy atom. The standard InChI is InChI=1S/C9H12N4O2S/c1-6-3-8(11)5-12-9(6)13-16(14,15)7(2)4-10/h3,5,7H,11H2,1-2H3,(H,12,13). The van der Waals surface area contributed by atoms with E-state index in [1.165, 1.54) is 13.1 Å². The van der Waals surface area contributed by atoms with Gasteiger partial charge < -0.3 is 5.73 Å². The van der Waals surface area contributed by atoms with Crippen LogP contribution in [-0.2, 0) is 10.0 Å². The molecule has 0 saturated carbocycles. The second-order valence-corrected chi connectivity index (χ2v) is 5.35. The van der Waals surface area contributed by atoms with Crippen LogP contribution in [0.5, 0.6) is 0 Å². The number of nitrogens with one attached hydrogen (secondary N) is 1. The molecule has 0 aliphatic rings. The summed E-state index contributed by atoms with van der Waals surface area (Å²) < 4.78 is 25.4. The van der Waals surface area contributed by atoms with Gasteiger partial charge in [-0.15, -0.1) is 0 Å². The number of nitrogens with zero attached hydrogens (tertiary/aromatic N) is 2. The summed E-state index contributed by atoms with van der Waals surface area (Å²) in [5.41, 5.74) is 6.54. The summed E-state index contributed by atoms with van der Waals surface area (Å²) in [6.07, 6.45) is 1.35. The van der Waals surface area contributed by atoms with Crippen molar-refractivity contribution in [3.05, 3.63) is 17.8 Å². The van der Waals surface area contributed by atoms with Gasteiger partial charge in [0.25, 0.3) is 0 Å². The predicted molar refractivity (Wildman–Crippen MR) is 61.0 cm³/mol. The van der Waals surface area contributed by atoms with E-state index in [2.05, 4.69) is 9.71 Å². The molecular weight excluding hydrogens is 228 g/mol. The SMILES string of the molecule is Cc1cc(N)cnc1NS(=O)(=O)C(C)C#N. The smallest absolute Gasteiger partial charge is 0.250 e. The Labute approximate surface area is 94.2 Å². The van der Waals surface area contributed by atoms with Gasteiger partial charge in [-0.3, -0.25) is 4.72 Å². The average molecular weight is 240 g/mol. The number of anilines is 2. The summed E-state index contributed by atoms with van der Waals surface area (Å²) in [4.78, 5) is 3.86. The number of hydrogen-bond donors (Lipinski definition) is 2. The monoisotopic (exact) mass is 240 g/mol. The van der Waals surface area contributed by atoms with Gasteiger partial charge in [0, 0.05) is 0 Å². The molecule has 1 aromatic rings. The summed E-state index contributed by atoms with van der Waals surface area (Å²) in [7, 11) is -3.71. The maximum Gasteiger partial charge on any atom is 0.250 e. The fraction of sp³-hybridized carbons (Fsp3) is 0.333. The minimum Gasteiger partial charge on any atom is -0.397 e. The van der Waals surface area contributed by atoms with Crippen LogP contribution in [-0.4, -0.2) is 18.7 Å². The van der Waals surface area contributed by atoms with E-state index in [1.807, 2.05) is 0 Å². The van der Waals surface area contributed by atoms with E-state index in [1.54, 1.807) is 19.1 Å². The number of pyridine rings is 1. The van der Waals surface area contributed by atoms with E-state index in [4.69, 9.17) is 11.0 Å². The van der Waals surface area contributed by atoms with Crippen molar-refractivity contribution in [2.75, 3.05) is 10.5 Å². The first-order chi connectivity index (χ1) is 7.36. The number of aromatic nitrogens is 1. The van der Waals surface area contributed by atoms with Gasteiger partial charge in [0.15, 0.2) is 5.25 Å². The molecule has 0 radical (unpaired) electrons. The summed E-state index contributed by atoms with van der Waals surface area (Å²) in [6.45, 7) is 2.98. The highest BCUT2D eigenvalue weighted by atomic mass is 32.2. The van der Waals surface area contributed by atoms with Gasteiger partial charge in [0.2, 0.25) is 10.0 Å². The first kappa shape index (κ1) is 12.3. The molecule has 86 valence electrons. The van der Waals surface area contributed by atoms with Crippen molar-refractivity contribution in [1.29, 1.82) is 5.26 Å². The molecule has 0 bridgehead atoms. The molecule has 7 heteroatoms. The van der Waals surface area contributed by atoms with Gasteiger partial charge in [-0.1, -0.05) is 0 Å². The Morgan fingerprint density at radius 1 is 1.62 bits per heavy atom. The molecule has 0 aliphatic carbocycles. The van der Waals surface area contributed by atoms with Crippen molar-refractivity contribution in [2.24, 2.45) is 0 Å². The number of hydrogen-bond acceptors (Lipinski definition) is 5. The summed E-state index contributed by atoms with van der Waals surface area (Å²) in [5, 5.41) is 7.42. The Bertz CT molecular complexity index is 533. The molecule has 1 rings (SSSR count). The predicted octanol–water partition coefficient (Wildman–Crippen LogP) is 0.626. The lowest BCUT2D eigenvalue weighted by Crippen LogP contribution is -2.24. The van der Waals surface area contributed by atoms with Crippen LogP contribution in [0.1, 0.15) is 12.5 Å². The second-order valence-electron chi connectivity index (χ2n) is 3.35. The zero-order valence-corrected chi connectivity index (χ0v) is 9.75. The molecule has 0 aromatic carbocycles. The molecule has 0 saturated heterocycles. The van der Waals surface area contributed by atoms with Crippen LogP contribution in [0.3, 0.4) is 0 Å². The van der Waals surface area contributed by atoms with E-state index in [9.17, 15) is 8.42 Å². The maximum absolute atomic E-state index is 11.6. The number of rotatable bonds is 3. The third-order valence-corrected chi connectivity index (χ3v) is 3.50. The van der Waals surface area contributed by atoms with Crippen LogP contribution in [0, 0.1) is 18.3 Å². The molecule has 0 spiro atoms. The van der Waals surface area contributed by atoms with Gasteiger partial charge in [-0.25, -0.2) is 13.4 Å². The Hall–Kier alpha value is -1.81. The summed E-state index contributed by atoms with van der Waals surface area (Å²) >= 11 is 0. The van der Waals surface area contributed by atoms with Crippen molar-refractivity contribution >= 4 is 21.5 Å². The van der Waals surface area contributed by atoms with E-state index in [0.29, 0.717) is 11.3 Å². The summed E-state index contributed by atoms with van der Waals surface area (Å²) in [5.74, 6) is 0.191. The zero-order chi connectivity index (χ0) is 12.3. The molecule has 6 nitrogen and oxygen atoms in total. The summed E-state index contributed by atoms with van der Waals surface area (Å²) in [6, 6.07) is 3.25. The van der Waals surface area contributed by atoms with Crippen molar-refractivity contribution in [3.63, 3.8) is 0 Å². The van der Waals surface area contributed by atoms with Crippen LogP contribution >= 0.6 is 0 Å². The molecule has 0 amide bonds. The molecule has 1 aromatic heterocycles. The number of nitrogens with two attached hydrogens (primary N) is 1. The maximum atomic E-state index is 11.6. The Morgan fingerprint density at radius 2 is 2.25 bits per heavy atom. The third kappa shape index (κ3) is 2.61. The van der Waals surface area contributed by atoms with E-state index in [-0.39, 0.29) is 5.82 Å². The first-order valence-electron chi connectivity index (χ1n) is 4.50. The van der Waals surface area contributed by atoms with Gasteiger partial charge in [0.1, 0.15) is 5.82 Å². The highest BCUT2D eigenvalue weighted by molar-refractivity contribution is 7.93. The number of aryl methyl sites for hydroxylation is 1. The number of nitriles is 1. The molecule has 16 heavy (non-hydrogen) atoms. The van der Waals surface area contributed by atoms with Gasteiger partial charge in [0.05, 0.1) is 18.0 Å². The van der Waals surface area contributed by atoms with Crippen molar-refractivity contribution in [1.82, 2.24) is 4.98 Å². The normalized spacial score (nSPS) is 12.8. The minimum atomic E-state index is -3.71. The highest BCUT2D eigenvalue weighted by Gasteiger charge is 2.21. The van der Waals surface area contributed by atoms with Crippen LogP contribution in [0.15, 0.2) is 12.3 Å². The lowest BCUT2D eigenvalue weighted by molar-refractivity contribution is 0.597. The van der Waals surface area contributed by atoms with Crippen LogP contribution in [0.25, 0.3) is 0 Å². The molecule has 0 fully saturated rings. The van der Waals surface area contributed by atoms with Gasteiger partial charge >= 0.3 is 0 Å². The third-order valence-electron chi connectivity index (χ3n) is 1.99. The molecule has 3 N–H and O–H groups in total. The van der Waals surface area contributed by atoms with Crippen molar-refractivity contribution in [2.45, 2.75) is 19.1 Å². The van der Waals surface area contributed by atoms with Gasteiger partial charge in [-0.2, -0.15) is 5.26 Å². The van der Waals surface area contributed by atoms with E-state index >= 15 is 0 Å². The van der Waals surface area contributed by atoms with E-state index < -0.39 is 15.3 Å². The van der Waals surface area contributed by atoms with E-state index in [0.717, 1.165) is 0 Å². The lowest BCUT2D eigenvalue weighted by Gasteiger charge is -2.10.